The van der Waals surface area contributed by atoms with E-state index in [-0.39, 0.29) is 17.1 Å². The topological polar surface area (TPSA) is 26.3 Å². The molecule has 0 atom stereocenters. The van der Waals surface area contributed by atoms with Crippen molar-refractivity contribution in [3.63, 3.8) is 0 Å². The Hall–Kier alpha value is -0.0200. The van der Waals surface area contributed by atoms with Gasteiger partial charge in [0.25, 0.3) is 0 Å². The second kappa shape index (κ2) is 6.44. The third kappa shape index (κ3) is 9.90. The molecule has 3 heteroatoms. The van der Waals surface area contributed by atoms with E-state index in [1.165, 1.54) is 0 Å². The summed E-state index contributed by atoms with van der Waals surface area (Å²) in [4.78, 5) is 11.2. The standard InChI is InChI=1S/C10H20O2S/c1-5-6-12-7-9(11)8-13-10(2,3)4/h5-8H2,1-4H3. The van der Waals surface area contributed by atoms with Crippen LogP contribution in [-0.4, -0.2) is 29.5 Å². The normalized spacial score (nSPS) is 11.7. The van der Waals surface area contributed by atoms with Crippen molar-refractivity contribution in [3.8, 4) is 0 Å². The van der Waals surface area contributed by atoms with Gasteiger partial charge in [-0.2, -0.15) is 0 Å². The number of ether oxygens (including phenoxy) is 1. The van der Waals surface area contributed by atoms with Crippen molar-refractivity contribution in [1.29, 1.82) is 0 Å². The molecule has 0 spiro atoms. The zero-order valence-electron chi connectivity index (χ0n) is 9.05. The van der Waals surface area contributed by atoms with Gasteiger partial charge >= 0.3 is 0 Å². The van der Waals surface area contributed by atoms with Crippen LogP contribution in [0.4, 0.5) is 0 Å². The molecule has 78 valence electrons. The average Bonchev–Trinajstić information content (AvgIpc) is 2.00. The molecule has 0 rings (SSSR count). The molecule has 0 unspecified atom stereocenters. The van der Waals surface area contributed by atoms with Crippen LogP contribution in [0.5, 0.6) is 0 Å². The molecule has 13 heavy (non-hydrogen) atoms. The van der Waals surface area contributed by atoms with E-state index in [1.807, 2.05) is 6.92 Å². The summed E-state index contributed by atoms with van der Waals surface area (Å²) in [5, 5.41) is 0. The quantitative estimate of drug-likeness (QED) is 0.622. The zero-order chi connectivity index (χ0) is 10.3. The Kier molecular flexibility index (Phi) is 6.43. The Labute approximate surface area is 85.4 Å². The van der Waals surface area contributed by atoms with Crippen LogP contribution in [0, 0.1) is 0 Å². The minimum Gasteiger partial charge on any atom is -0.374 e. The molecule has 0 aromatic heterocycles. The Morgan fingerprint density at radius 2 is 2.00 bits per heavy atom. The maximum Gasteiger partial charge on any atom is 0.168 e. The molecule has 0 aromatic carbocycles. The maximum atomic E-state index is 11.2. The first kappa shape index (κ1) is 13.0. The SMILES string of the molecule is CCCOCC(=O)CSC(C)(C)C. The lowest BCUT2D eigenvalue weighted by atomic mass is 10.3. The number of hydrogen-bond acceptors (Lipinski definition) is 3. The van der Waals surface area contributed by atoms with Gasteiger partial charge in [-0.15, -0.1) is 11.8 Å². The highest BCUT2D eigenvalue weighted by atomic mass is 32.2. The molecule has 0 aromatic rings. The molecule has 0 aliphatic rings. The first-order valence-electron chi connectivity index (χ1n) is 4.69. The summed E-state index contributed by atoms with van der Waals surface area (Å²) in [6, 6.07) is 0. The van der Waals surface area contributed by atoms with Crippen molar-refractivity contribution in [2.24, 2.45) is 0 Å². The van der Waals surface area contributed by atoms with E-state index in [0.29, 0.717) is 12.4 Å². The summed E-state index contributed by atoms with van der Waals surface area (Å²) < 4.78 is 5.31. The van der Waals surface area contributed by atoms with Gasteiger partial charge in [0.2, 0.25) is 0 Å². The summed E-state index contributed by atoms with van der Waals surface area (Å²) in [5.41, 5.74) is 0. The lowest BCUT2D eigenvalue weighted by Gasteiger charge is -2.16. The van der Waals surface area contributed by atoms with Gasteiger partial charge < -0.3 is 4.74 Å². The molecule has 0 N–H and O–H groups in total. The number of thioether (sulfide) groups is 1. The van der Waals surface area contributed by atoms with Gasteiger partial charge in [0, 0.05) is 11.4 Å². The van der Waals surface area contributed by atoms with E-state index in [1.54, 1.807) is 11.8 Å². The van der Waals surface area contributed by atoms with E-state index in [4.69, 9.17) is 4.74 Å². The van der Waals surface area contributed by atoms with Crippen LogP contribution in [0.3, 0.4) is 0 Å². The number of Topliss-reactive ketones (excluding diaryl/α,β-unsaturated/α-hetero) is 1. The van der Waals surface area contributed by atoms with Gasteiger partial charge in [0.05, 0.1) is 5.75 Å². The second-order valence-corrected chi connectivity index (χ2v) is 5.79. The predicted octanol–water partition coefficient (Wildman–Crippen LogP) is 2.51. The van der Waals surface area contributed by atoms with Gasteiger partial charge in [-0.3, -0.25) is 4.79 Å². The molecule has 0 amide bonds. The molecule has 0 fully saturated rings. The lowest BCUT2D eigenvalue weighted by molar-refractivity contribution is -0.121. The molecule has 0 radical (unpaired) electrons. The number of carbonyl (C=O) groups excluding carboxylic acids is 1. The third-order valence-corrected chi connectivity index (χ3v) is 2.61. The fourth-order valence-corrected chi connectivity index (χ4v) is 1.35. The molecule has 0 aliphatic heterocycles. The van der Waals surface area contributed by atoms with E-state index in [9.17, 15) is 4.79 Å². The van der Waals surface area contributed by atoms with E-state index < -0.39 is 0 Å². The number of ketones is 1. The number of hydrogen-bond donors (Lipinski definition) is 0. The fraction of sp³-hybridized carbons (Fsp3) is 0.900. The highest BCUT2D eigenvalue weighted by Crippen LogP contribution is 2.22. The fourth-order valence-electron chi connectivity index (χ4n) is 0.669. The van der Waals surface area contributed by atoms with Crippen LogP contribution in [0.2, 0.25) is 0 Å². The average molecular weight is 204 g/mol. The van der Waals surface area contributed by atoms with Gasteiger partial charge in [0.1, 0.15) is 6.61 Å². The Morgan fingerprint density at radius 3 is 2.46 bits per heavy atom. The smallest absolute Gasteiger partial charge is 0.168 e. The summed E-state index contributed by atoms with van der Waals surface area (Å²) in [6.45, 7) is 9.32. The van der Waals surface area contributed by atoms with Crippen LogP contribution in [-0.2, 0) is 9.53 Å². The van der Waals surface area contributed by atoms with Crippen molar-refractivity contribution in [3.05, 3.63) is 0 Å². The van der Waals surface area contributed by atoms with Crippen molar-refractivity contribution in [2.45, 2.75) is 38.9 Å². The van der Waals surface area contributed by atoms with Crippen molar-refractivity contribution >= 4 is 17.5 Å². The van der Waals surface area contributed by atoms with Crippen molar-refractivity contribution < 1.29 is 9.53 Å². The van der Waals surface area contributed by atoms with E-state index in [2.05, 4.69) is 20.8 Å². The summed E-state index contributed by atoms with van der Waals surface area (Å²) in [5.74, 6) is 0.751. The Bertz CT molecular complexity index is 149. The van der Waals surface area contributed by atoms with Crippen LogP contribution in [0.1, 0.15) is 34.1 Å². The highest BCUT2D eigenvalue weighted by molar-refractivity contribution is 8.01. The van der Waals surface area contributed by atoms with E-state index >= 15 is 0 Å². The minimum absolute atomic E-state index is 0.167. The maximum absolute atomic E-state index is 11.2. The monoisotopic (exact) mass is 204 g/mol. The van der Waals surface area contributed by atoms with Crippen LogP contribution < -0.4 is 0 Å². The molecular weight excluding hydrogens is 184 g/mol. The van der Waals surface area contributed by atoms with Gasteiger partial charge in [-0.25, -0.2) is 0 Å². The van der Waals surface area contributed by atoms with Crippen LogP contribution in [0.15, 0.2) is 0 Å². The van der Waals surface area contributed by atoms with Gasteiger partial charge in [-0.1, -0.05) is 27.7 Å². The molecule has 0 heterocycles. The predicted molar refractivity (Wildman–Crippen MR) is 58.3 cm³/mol. The number of carbonyl (C=O) groups is 1. The molecule has 2 nitrogen and oxygen atoms in total. The molecule has 0 bridgehead atoms. The third-order valence-electron chi connectivity index (χ3n) is 1.28. The zero-order valence-corrected chi connectivity index (χ0v) is 9.87. The minimum atomic E-state index is 0.167. The van der Waals surface area contributed by atoms with Gasteiger partial charge in [0.15, 0.2) is 5.78 Å². The molecule has 0 saturated heterocycles. The molecule has 0 saturated carbocycles. The summed E-state index contributed by atoms with van der Waals surface area (Å²) in [6.07, 6.45) is 0.972. The number of rotatable bonds is 6. The van der Waals surface area contributed by atoms with Crippen LogP contribution in [0.25, 0.3) is 0 Å². The van der Waals surface area contributed by atoms with Crippen molar-refractivity contribution in [1.82, 2.24) is 0 Å². The largest absolute Gasteiger partial charge is 0.374 e. The van der Waals surface area contributed by atoms with E-state index in [0.717, 1.165) is 6.42 Å². The first-order chi connectivity index (χ1) is 5.95. The molecular formula is C10H20O2S. The second-order valence-electron chi connectivity index (χ2n) is 3.99. The van der Waals surface area contributed by atoms with Crippen molar-refractivity contribution in [2.75, 3.05) is 19.0 Å². The Balaban J connectivity index is 3.41. The van der Waals surface area contributed by atoms with Crippen LogP contribution >= 0.6 is 11.8 Å². The first-order valence-corrected chi connectivity index (χ1v) is 5.67. The highest BCUT2D eigenvalue weighted by Gasteiger charge is 2.12. The summed E-state index contributed by atoms with van der Waals surface area (Å²) in [7, 11) is 0. The molecule has 0 aliphatic carbocycles. The van der Waals surface area contributed by atoms with Gasteiger partial charge in [-0.05, 0) is 6.42 Å². The Morgan fingerprint density at radius 1 is 1.38 bits per heavy atom. The summed E-state index contributed by atoms with van der Waals surface area (Å²) >= 11 is 1.67. The lowest BCUT2D eigenvalue weighted by Crippen LogP contribution is -2.16.